The molecule has 0 aromatic heterocycles. The SMILES string of the molecule is CC1CCC(Oc2ccc3c(C=O)cccc3c2C(F)(F)F)CC1.NCCCCCC(=O)O.O=C(O)CCCCCCCc1cccc2c(C(F)(F)F)c(OC3CCC(C(F)(F)F)CC3)ccc12. The lowest BCUT2D eigenvalue weighted by Crippen LogP contribution is -2.32. The Balaban J connectivity index is 0.000000262. The first-order valence-corrected chi connectivity index (χ1v) is 23.4. The average Bonchev–Trinajstić information content (AvgIpc) is 3.27. The second kappa shape index (κ2) is 26.1. The summed E-state index contributed by atoms with van der Waals surface area (Å²) in [5.41, 5.74) is 4.56. The van der Waals surface area contributed by atoms with E-state index in [0.717, 1.165) is 76.2 Å². The minimum absolute atomic E-state index is 0.00813. The molecule has 17 heteroatoms. The van der Waals surface area contributed by atoms with Crippen molar-refractivity contribution >= 4 is 39.8 Å². The number of carbonyl (C=O) groups excluding carboxylic acids is 1. The molecular weight excluding hydrogens is 910 g/mol. The molecule has 4 N–H and O–H groups in total. The van der Waals surface area contributed by atoms with Crippen LogP contribution in [-0.4, -0.2) is 53.4 Å². The Bertz CT molecular complexity index is 2230. The van der Waals surface area contributed by atoms with E-state index in [4.69, 9.17) is 25.4 Å². The molecule has 0 amide bonds. The number of alkyl halides is 9. The van der Waals surface area contributed by atoms with E-state index in [0.29, 0.717) is 42.4 Å². The van der Waals surface area contributed by atoms with Crippen LogP contribution in [0.3, 0.4) is 0 Å². The molecule has 376 valence electrons. The average molecular weight is 972 g/mol. The van der Waals surface area contributed by atoms with Crippen LogP contribution in [0, 0.1) is 11.8 Å². The van der Waals surface area contributed by atoms with Gasteiger partial charge in [0.2, 0.25) is 0 Å². The second-order valence-corrected chi connectivity index (χ2v) is 17.7. The number of aryl methyl sites for hydroxylation is 1. The minimum Gasteiger partial charge on any atom is -0.490 e. The Morgan fingerprint density at radius 2 is 1.04 bits per heavy atom. The van der Waals surface area contributed by atoms with E-state index in [2.05, 4.69) is 6.92 Å². The number of fused-ring (bicyclic) bond motifs is 2. The van der Waals surface area contributed by atoms with Crippen molar-refractivity contribution in [3.8, 4) is 11.5 Å². The van der Waals surface area contributed by atoms with Crippen molar-refractivity contribution in [3.05, 3.63) is 82.9 Å². The third-order valence-corrected chi connectivity index (χ3v) is 12.5. The molecule has 0 spiro atoms. The van der Waals surface area contributed by atoms with Gasteiger partial charge in [-0.25, -0.2) is 0 Å². The summed E-state index contributed by atoms with van der Waals surface area (Å²) in [5, 5.41) is 17.7. The highest BCUT2D eigenvalue weighted by Gasteiger charge is 2.43. The van der Waals surface area contributed by atoms with E-state index in [1.165, 1.54) is 42.5 Å². The number of aliphatic carboxylic acids is 2. The molecule has 0 atom stereocenters. The number of carboxylic acids is 2. The maximum Gasteiger partial charge on any atom is 0.420 e. The van der Waals surface area contributed by atoms with Gasteiger partial charge in [-0.2, -0.15) is 39.5 Å². The molecule has 0 heterocycles. The molecule has 6 rings (SSSR count). The number of aldehydes is 1. The highest BCUT2D eigenvalue weighted by molar-refractivity contribution is 6.00. The van der Waals surface area contributed by atoms with Gasteiger partial charge in [0.15, 0.2) is 6.29 Å². The predicted octanol–water partition coefficient (Wildman–Crippen LogP) is 14.5. The van der Waals surface area contributed by atoms with Gasteiger partial charge < -0.3 is 25.4 Å². The van der Waals surface area contributed by atoms with E-state index in [-0.39, 0.29) is 72.5 Å². The lowest BCUT2D eigenvalue weighted by Gasteiger charge is -2.31. The summed E-state index contributed by atoms with van der Waals surface area (Å²) in [6, 6.07) is 14.9. The summed E-state index contributed by atoms with van der Waals surface area (Å²) in [4.78, 5) is 31.6. The molecule has 0 saturated heterocycles. The molecule has 2 saturated carbocycles. The van der Waals surface area contributed by atoms with Crippen LogP contribution < -0.4 is 15.2 Å². The molecular formula is C51H62F9NO7. The van der Waals surface area contributed by atoms with Gasteiger partial charge in [0.1, 0.15) is 22.6 Å². The number of rotatable bonds is 18. The summed E-state index contributed by atoms with van der Waals surface area (Å²) in [6.07, 6.45) is -2.99. The summed E-state index contributed by atoms with van der Waals surface area (Å²) < 4.78 is 133. The van der Waals surface area contributed by atoms with E-state index in [1.54, 1.807) is 18.2 Å². The first-order chi connectivity index (χ1) is 32.1. The fraction of sp³-hybridized carbons (Fsp3) is 0.549. The number of carboxylic acid groups (broad SMARTS) is 2. The molecule has 0 bridgehead atoms. The number of hydrogen-bond acceptors (Lipinski definition) is 6. The molecule has 4 aromatic carbocycles. The molecule has 2 aliphatic rings. The smallest absolute Gasteiger partial charge is 0.420 e. The van der Waals surface area contributed by atoms with Crippen LogP contribution in [0.4, 0.5) is 39.5 Å². The van der Waals surface area contributed by atoms with Crippen LogP contribution in [0.5, 0.6) is 11.5 Å². The van der Waals surface area contributed by atoms with Crippen molar-refractivity contribution in [1.29, 1.82) is 0 Å². The highest BCUT2D eigenvalue weighted by Crippen LogP contribution is 2.46. The van der Waals surface area contributed by atoms with Gasteiger partial charge in [0.25, 0.3) is 0 Å². The van der Waals surface area contributed by atoms with Gasteiger partial charge in [-0.15, -0.1) is 0 Å². The first kappa shape index (κ1) is 55.5. The molecule has 0 aliphatic heterocycles. The standard InChI is InChI=1S/C26H30F6O3.C19H19F3O2.C6H13NO2/c27-25(28,29)18-11-13-19(14-12-18)35-22-16-15-20-17(7-4-2-1-3-5-10-23(33)34)8-6-9-21(20)24(22)26(30,31)32;1-12-5-7-14(8-6-12)24-17-10-9-15-13(11-23)3-2-4-16(15)18(17)19(20,21)22;7-5-3-1-2-4-6(8)9/h6,8-9,15-16,18-19H,1-5,7,10-14H2,(H,33,34);2-4,9-12,14H,5-8H2,1H3;1-5,7H2,(H,8,9). The van der Waals surface area contributed by atoms with Gasteiger partial charge in [0, 0.05) is 18.4 Å². The number of halogens is 9. The zero-order valence-corrected chi connectivity index (χ0v) is 38.2. The lowest BCUT2D eigenvalue weighted by molar-refractivity contribution is -0.185. The fourth-order valence-corrected chi connectivity index (χ4v) is 8.80. The van der Waals surface area contributed by atoms with Gasteiger partial charge in [-0.05, 0) is 141 Å². The summed E-state index contributed by atoms with van der Waals surface area (Å²) >= 11 is 0. The molecule has 0 radical (unpaired) electrons. The zero-order valence-electron chi connectivity index (χ0n) is 38.2. The van der Waals surface area contributed by atoms with Crippen molar-refractivity contribution < 1.29 is 73.6 Å². The largest absolute Gasteiger partial charge is 0.490 e. The molecule has 8 nitrogen and oxygen atoms in total. The Morgan fingerprint density at radius 1 is 0.588 bits per heavy atom. The number of nitrogens with two attached hydrogens (primary N) is 1. The van der Waals surface area contributed by atoms with Crippen LogP contribution in [-0.2, 0) is 28.4 Å². The maximum absolute atomic E-state index is 14.1. The van der Waals surface area contributed by atoms with Crippen molar-refractivity contribution in [2.75, 3.05) is 6.54 Å². The van der Waals surface area contributed by atoms with E-state index in [1.807, 2.05) is 0 Å². The summed E-state index contributed by atoms with van der Waals surface area (Å²) in [7, 11) is 0. The Hall–Kier alpha value is -5.06. The monoisotopic (exact) mass is 971 g/mol. The molecule has 0 unspecified atom stereocenters. The quantitative estimate of drug-likeness (QED) is 0.0509. The van der Waals surface area contributed by atoms with Crippen molar-refractivity contribution in [2.45, 2.75) is 160 Å². The van der Waals surface area contributed by atoms with Gasteiger partial charge in [-0.3, -0.25) is 14.4 Å². The van der Waals surface area contributed by atoms with Crippen LogP contribution in [0.15, 0.2) is 60.7 Å². The van der Waals surface area contributed by atoms with Crippen molar-refractivity contribution in [1.82, 2.24) is 0 Å². The summed E-state index contributed by atoms with van der Waals surface area (Å²) in [5.74, 6) is -2.85. The highest BCUT2D eigenvalue weighted by atomic mass is 19.4. The van der Waals surface area contributed by atoms with Gasteiger partial charge in [0.05, 0.1) is 18.1 Å². The second-order valence-electron chi connectivity index (χ2n) is 17.7. The normalized spacial score (nSPS) is 18.8. The van der Waals surface area contributed by atoms with E-state index < -0.39 is 53.6 Å². The maximum atomic E-state index is 14.1. The molecule has 4 aromatic rings. The number of hydrogen-bond donors (Lipinski definition) is 3. The van der Waals surface area contributed by atoms with Gasteiger partial charge in [-0.1, -0.05) is 75.1 Å². The topological polar surface area (TPSA) is 136 Å². The predicted molar refractivity (Wildman–Crippen MR) is 242 cm³/mol. The Morgan fingerprint density at radius 3 is 1.53 bits per heavy atom. The van der Waals surface area contributed by atoms with Crippen molar-refractivity contribution in [3.63, 3.8) is 0 Å². The fourth-order valence-electron chi connectivity index (χ4n) is 8.80. The third-order valence-electron chi connectivity index (χ3n) is 12.5. The van der Waals surface area contributed by atoms with Crippen molar-refractivity contribution in [2.24, 2.45) is 17.6 Å². The van der Waals surface area contributed by atoms with Gasteiger partial charge >= 0.3 is 30.5 Å². The molecule has 68 heavy (non-hydrogen) atoms. The van der Waals surface area contributed by atoms with Crippen LogP contribution in [0.2, 0.25) is 0 Å². The zero-order chi connectivity index (χ0) is 50.1. The summed E-state index contributed by atoms with van der Waals surface area (Å²) in [6.45, 7) is 2.81. The molecule has 2 fully saturated rings. The number of ether oxygens (including phenoxy) is 2. The Labute approximate surface area is 390 Å². The van der Waals surface area contributed by atoms with E-state index in [9.17, 15) is 53.9 Å². The Kier molecular flexibility index (Phi) is 21.3. The number of carbonyl (C=O) groups is 3. The van der Waals surface area contributed by atoms with Crippen LogP contribution >= 0.6 is 0 Å². The van der Waals surface area contributed by atoms with E-state index >= 15 is 0 Å². The lowest BCUT2D eigenvalue weighted by atomic mass is 9.87. The molecule has 2 aliphatic carbocycles. The minimum atomic E-state index is -4.68. The first-order valence-electron chi connectivity index (χ1n) is 23.4. The van der Waals surface area contributed by atoms with Crippen LogP contribution in [0.25, 0.3) is 21.5 Å². The third kappa shape index (κ3) is 17.2. The number of unbranched alkanes of at least 4 members (excludes halogenated alkanes) is 6. The van der Waals surface area contributed by atoms with Crippen LogP contribution in [0.1, 0.15) is 150 Å². The number of benzene rings is 4.